The Morgan fingerprint density at radius 1 is 1.26 bits per heavy atom. The summed E-state index contributed by atoms with van der Waals surface area (Å²) in [4.78, 5) is 14.7. The molecular formula is C18H21F2N7O3S. The predicted molar refractivity (Wildman–Crippen MR) is 108 cm³/mol. The van der Waals surface area contributed by atoms with Gasteiger partial charge in [0.1, 0.15) is 23.5 Å². The zero-order valence-corrected chi connectivity index (χ0v) is 17.6. The Hall–Kier alpha value is -2.77. The van der Waals surface area contributed by atoms with Gasteiger partial charge in [0.25, 0.3) is 6.43 Å². The van der Waals surface area contributed by atoms with Crippen molar-refractivity contribution in [2.45, 2.75) is 25.5 Å². The zero-order valence-electron chi connectivity index (χ0n) is 16.8. The van der Waals surface area contributed by atoms with Gasteiger partial charge < -0.3 is 9.64 Å². The lowest BCUT2D eigenvalue weighted by molar-refractivity contribution is 0.0239. The molecule has 3 aromatic rings. The predicted octanol–water partition coefficient (Wildman–Crippen LogP) is 1.27. The highest BCUT2D eigenvalue weighted by atomic mass is 32.2. The molecule has 1 aliphatic rings. The minimum atomic E-state index is -3.37. The molecule has 0 unspecified atom stereocenters. The van der Waals surface area contributed by atoms with E-state index < -0.39 is 22.5 Å². The molecule has 0 amide bonds. The van der Waals surface area contributed by atoms with Crippen LogP contribution in [0.1, 0.15) is 19.0 Å². The fourth-order valence-corrected chi connectivity index (χ4v) is 4.27. The van der Waals surface area contributed by atoms with Gasteiger partial charge in [-0.15, -0.1) is 0 Å². The van der Waals surface area contributed by atoms with Crippen LogP contribution in [0.4, 0.5) is 14.6 Å². The topological polar surface area (TPSA) is 115 Å². The van der Waals surface area contributed by atoms with Crippen LogP contribution in [0.5, 0.6) is 0 Å². The fourth-order valence-electron chi connectivity index (χ4n) is 3.44. The molecule has 1 N–H and O–H groups in total. The molecule has 0 radical (unpaired) electrons. The Morgan fingerprint density at radius 3 is 2.81 bits per heavy atom. The standard InChI is InChI=1S/C18H21F2N7O3S/c1-11(25-31(2,28)29)15-9-26(5-6-30-15)17-7-13(22-10-23-17)14-8-21-16-4-3-12(18(19)20)24-27(14)16/h3-4,7-8,10-11,15,18,25H,5-6,9H2,1-2H3/t11-,15-/m0/s1. The first-order valence-electron chi connectivity index (χ1n) is 9.50. The van der Waals surface area contributed by atoms with Crippen LogP contribution < -0.4 is 9.62 Å². The minimum absolute atomic E-state index is 0.357. The largest absolute Gasteiger partial charge is 0.373 e. The van der Waals surface area contributed by atoms with Gasteiger partial charge in [0.15, 0.2) is 5.65 Å². The molecule has 0 spiro atoms. The number of aromatic nitrogens is 5. The summed E-state index contributed by atoms with van der Waals surface area (Å²) < 4.78 is 58.8. The molecular weight excluding hydrogens is 432 g/mol. The van der Waals surface area contributed by atoms with Crippen molar-refractivity contribution < 1.29 is 21.9 Å². The second-order valence-corrected chi connectivity index (χ2v) is 9.05. The molecule has 0 aliphatic carbocycles. The van der Waals surface area contributed by atoms with Gasteiger partial charge in [0.2, 0.25) is 10.0 Å². The van der Waals surface area contributed by atoms with E-state index in [2.05, 4.69) is 24.8 Å². The van der Waals surface area contributed by atoms with Gasteiger partial charge in [-0.05, 0) is 19.1 Å². The average Bonchev–Trinajstić information content (AvgIpc) is 3.16. The van der Waals surface area contributed by atoms with E-state index in [1.807, 2.05) is 4.90 Å². The maximum atomic E-state index is 13.1. The second kappa shape index (κ2) is 8.40. The quantitative estimate of drug-likeness (QED) is 0.594. The van der Waals surface area contributed by atoms with Crippen LogP contribution in [0, 0.1) is 0 Å². The summed E-state index contributed by atoms with van der Waals surface area (Å²) in [5.41, 5.74) is 0.996. The molecule has 0 saturated carbocycles. The molecule has 4 rings (SSSR count). The van der Waals surface area contributed by atoms with Crippen molar-refractivity contribution in [3.05, 3.63) is 36.4 Å². The SMILES string of the molecule is C[C@H](NS(C)(=O)=O)[C@@H]1CN(c2cc(-c3cnc4ccc(C(F)F)nn34)ncn2)CCO1. The van der Waals surface area contributed by atoms with Crippen molar-refractivity contribution in [1.29, 1.82) is 0 Å². The molecule has 4 heterocycles. The summed E-state index contributed by atoms with van der Waals surface area (Å²) in [6.07, 6.45) is 0.930. The number of nitrogens with one attached hydrogen (secondary N) is 1. The molecule has 1 fully saturated rings. The van der Waals surface area contributed by atoms with Crippen LogP contribution in [0.15, 0.2) is 30.7 Å². The zero-order chi connectivity index (χ0) is 22.2. The van der Waals surface area contributed by atoms with Crippen LogP contribution in [0.2, 0.25) is 0 Å². The molecule has 3 aromatic heterocycles. The van der Waals surface area contributed by atoms with Crippen molar-refractivity contribution in [1.82, 2.24) is 29.3 Å². The monoisotopic (exact) mass is 453 g/mol. The third-order valence-corrected chi connectivity index (χ3v) is 5.70. The van der Waals surface area contributed by atoms with E-state index in [1.165, 1.54) is 29.2 Å². The normalized spacial score (nSPS) is 18.6. The summed E-state index contributed by atoms with van der Waals surface area (Å²) in [5.74, 6) is 0.602. The number of morpholine rings is 1. The number of anilines is 1. The third-order valence-electron chi connectivity index (χ3n) is 4.90. The van der Waals surface area contributed by atoms with E-state index in [9.17, 15) is 17.2 Å². The Bertz CT molecular complexity index is 1190. The highest BCUT2D eigenvalue weighted by Gasteiger charge is 2.28. The van der Waals surface area contributed by atoms with Gasteiger partial charge in [-0.25, -0.2) is 41.4 Å². The molecule has 1 aliphatic heterocycles. The lowest BCUT2D eigenvalue weighted by atomic mass is 10.1. The molecule has 1 saturated heterocycles. The highest BCUT2D eigenvalue weighted by Crippen LogP contribution is 2.24. The molecule has 10 nitrogen and oxygen atoms in total. The molecule has 2 atom stereocenters. The van der Waals surface area contributed by atoms with Crippen molar-refractivity contribution >= 4 is 21.5 Å². The summed E-state index contributed by atoms with van der Waals surface area (Å²) in [7, 11) is -3.37. The Kier molecular flexibility index (Phi) is 5.81. The molecule has 13 heteroatoms. The molecule has 0 bridgehead atoms. The maximum Gasteiger partial charge on any atom is 0.282 e. The smallest absolute Gasteiger partial charge is 0.282 e. The summed E-state index contributed by atoms with van der Waals surface area (Å²) in [6.45, 7) is 3.11. The van der Waals surface area contributed by atoms with Crippen LogP contribution in [0.3, 0.4) is 0 Å². The van der Waals surface area contributed by atoms with Crippen LogP contribution in [-0.2, 0) is 14.8 Å². The van der Waals surface area contributed by atoms with Gasteiger partial charge in [0, 0.05) is 25.2 Å². The second-order valence-electron chi connectivity index (χ2n) is 7.27. The number of ether oxygens (including phenoxy) is 1. The molecule has 166 valence electrons. The molecule has 31 heavy (non-hydrogen) atoms. The van der Waals surface area contributed by atoms with E-state index in [0.29, 0.717) is 42.5 Å². The van der Waals surface area contributed by atoms with E-state index in [1.54, 1.807) is 13.0 Å². The van der Waals surface area contributed by atoms with Gasteiger partial charge in [-0.3, -0.25) is 0 Å². The number of alkyl halides is 2. The number of rotatable bonds is 6. The summed E-state index contributed by atoms with van der Waals surface area (Å²) in [5, 5.41) is 3.97. The van der Waals surface area contributed by atoms with Crippen LogP contribution in [-0.4, -0.2) is 71.1 Å². The van der Waals surface area contributed by atoms with Gasteiger partial charge >= 0.3 is 0 Å². The summed E-state index contributed by atoms with van der Waals surface area (Å²) in [6, 6.07) is 4.01. The third kappa shape index (κ3) is 4.78. The van der Waals surface area contributed by atoms with Crippen LogP contribution in [0.25, 0.3) is 17.0 Å². The average molecular weight is 453 g/mol. The lowest BCUT2D eigenvalue weighted by Gasteiger charge is -2.36. The lowest BCUT2D eigenvalue weighted by Crippen LogP contribution is -2.52. The number of nitrogens with zero attached hydrogens (tertiary/aromatic N) is 6. The first-order chi connectivity index (χ1) is 14.7. The van der Waals surface area contributed by atoms with Gasteiger partial charge in [-0.1, -0.05) is 0 Å². The first-order valence-corrected chi connectivity index (χ1v) is 11.4. The highest BCUT2D eigenvalue weighted by molar-refractivity contribution is 7.88. The van der Waals surface area contributed by atoms with E-state index >= 15 is 0 Å². The number of sulfonamides is 1. The Morgan fingerprint density at radius 2 is 2.06 bits per heavy atom. The molecule has 0 aromatic carbocycles. The maximum absolute atomic E-state index is 13.1. The summed E-state index contributed by atoms with van der Waals surface area (Å²) >= 11 is 0. The van der Waals surface area contributed by atoms with Crippen LogP contribution >= 0.6 is 0 Å². The van der Waals surface area contributed by atoms with Crippen molar-refractivity contribution in [2.24, 2.45) is 0 Å². The van der Waals surface area contributed by atoms with E-state index in [4.69, 9.17) is 4.74 Å². The minimum Gasteiger partial charge on any atom is -0.373 e. The van der Waals surface area contributed by atoms with Gasteiger partial charge in [0.05, 0.1) is 30.9 Å². The number of fused-ring (bicyclic) bond motifs is 1. The van der Waals surface area contributed by atoms with Crippen molar-refractivity contribution in [3.8, 4) is 11.4 Å². The number of hydrogen-bond donors (Lipinski definition) is 1. The number of halogens is 2. The van der Waals surface area contributed by atoms with E-state index in [0.717, 1.165) is 6.26 Å². The first kappa shape index (κ1) is 21.5. The van der Waals surface area contributed by atoms with Gasteiger partial charge in [-0.2, -0.15) is 5.10 Å². The Balaban J connectivity index is 1.60. The van der Waals surface area contributed by atoms with E-state index in [-0.39, 0.29) is 11.8 Å². The van der Waals surface area contributed by atoms with Crippen molar-refractivity contribution in [3.63, 3.8) is 0 Å². The number of imidazole rings is 1. The fraction of sp³-hybridized carbons (Fsp3) is 0.444. The number of hydrogen-bond acceptors (Lipinski definition) is 8. The Labute approximate surface area is 177 Å². The van der Waals surface area contributed by atoms with Crippen molar-refractivity contribution in [2.75, 3.05) is 30.9 Å².